The van der Waals surface area contributed by atoms with Crippen LogP contribution in [0.25, 0.3) is 0 Å². The van der Waals surface area contributed by atoms with E-state index < -0.39 is 15.3 Å². The highest BCUT2D eigenvalue weighted by Gasteiger charge is 2.45. The van der Waals surface area contributed by atoms with Gasteiger partial charge < -0.3 is 4.90 Å². The molecule has 2 N–H and O–H groups in total. The summed E-state index contributed by atoms with van der Waals surface area (Å²) in [6.45, 7) is 5.05. The maximum absolute atomic E-state index is 13.2. The molecule has 3 atom stereocenters. The van der Waals surface area contributed by atoms with Crippen LogP contribution in [0.4, 0.5) is 0 Å². The van der Waals surface area contributed by atoms with Crippen LogP contribution >= 0.6 is 0 Å². The van der Waals surface area contributed by atoms with Gasteiger partial charge in [-0.1, -0.05) is 30.3 Å². The van der Waals surface area contributed by atoms with Crippen LogP contribution in [0.1, 0.15) is 32.3 Å². The number of hydrogen-bond donors (Lipinski definition) is 2. The van der Waals surface area contributed by atoms with Gasteiger partial charge in [-0.25, -0.2) is 12.7 Å². The van der Waals surface area contributed by atoms with Gasteiger partial charge in [-0.05, 0) is 32.3 Å². The fourth-order valence-corrected chi connectivity index (χ4v) is 6.45. The minimum Gasteiger partial charge on any atom is -0.341 e. The van der Waals surface area contributed by atoms with E-state index in [2.05, 4.69) is 10.9 Å². The zero-order valence-electron chi connectivity index (χ0n) is 16.3. The zero-order valence-corrected chi connectivity index (χ0v) is 17.1. The summed E-state index contributed by atoms with van der Waals surface area (Å²) >= 11 is 0. The van der Waals surface area contributed by atoms with Crippen LogP contribution in [-0.2, 0) is 21.4 Å². The van der Waals surface area contributed by atoms with Crippen molar-refractivity contribution in [3.63, 3.8) is 0 Å². The van der Waals surface area contributed by atoms with Crippen LogP contribution in [0, 0.1) is 5.92 Å². The van der Waals surface area contributed by atoms with Gasteiger partial charge in [0.25, 0.3) is 0 Å². The number of rotatable bonds is 5. The number of hydrazine groups is 1. The number of sulfonamides is 1. The molecule has 1 aromatic rings. The van der Waals surface area contributed by atoms with E-state index in [9.17, 15) is 13.2 Å². The van der Waals surface area contributed by atoms with Gasteiger partial charge in [-0.3, -0.25) is 15.6 Å². The van der Waals surface area contributed by atoms with Crippen LogP contribution in [0.5, 0.6) is 0 Å². The van der Waals surface area contributed by atoms with Crippen molar-refractivity contribution in [2.24, 2.45) is 5.92 Å². The number of nitrogens with one attached hydrogen (secondary N) is 2. The van der Waals surface area contributed by atoms with Gasteiger partial charge in [-0.2, -0.15) is 0 Å². The van der Waals surface area contributed by atoms with Crippen molar-refractivity contribution in [1.29, 1.82) is 0 Å². The van der Waals surface area contributed by atoms with Crippen molar-refractivity contribution in [2.75, 3.05) is 20.1 Å². The fourth-order valence-electron chi connectivity index (χ4n) is 4.17. The number of carbonyl (C=O) groups is 1. The molecule has 2 aliphatic heterocycles. The lowest BCUT2D eigenvalue weighted by atomic mass is 9.98. The first-order valence-electron chi connectivity index (χ1n) is 9.59. The van der Waals surface area contributed by atoms with Gasteiger partial charge in [0.15, 0.2) is 0 Å². The Labute approximate surface area is 162 Å². The van der Waals surface area contributed by atoms with Crippen molar-refractivity contribution in [1.82, 2.24) is 20.1 Å². The smallest absolute Gasteiger partial charge is 0.227 e. The third-order valence-corrected chi connectivity index (χ3v) is 8.16. The number of amides is 1. The summed E-state index contributed by atoms with van der Waals surface area (Å²) in [7, 11) is -1.68. The Balaban J connectivity index is 1.67. The third-order valence-electron chi connectivity index (χ3n) is 5.60. The summed E-state index contributed by atoms with van der Waals surface area (Å²) in [4.78, 5) is 14.6. The molecule has 0 aromatic heterocycles. The first-order chi connectivity index (χ1) is 12.8. The average Bonchev–Trinajstić information content (AvgIpc) is 3.01. The van der Waals surface area contributed by atoms with E-state index in [1.807, 2.05) is 44.2 Å². The first-order valence-corrected chi connectivity index (χ1v) is 11.1. The second-order valence-electron chi connectivity index (χ2n) is 7.75. The molecule has 8 heteroatoms. The normalized spacial score (nSPS) is 29.6. The van der Waals surface area contributed by atoms with Crippen LogP contribution in [0.2, 0.25) is 0 Å². The Kier molecular flexibility index (Phi) is 6.20. The Morgan fingerprint density at radius 3 is 2.44 bits per heavy atom. The molecule has 0 aliphatic carbocycles. The lowest BCUT2D eigenvalue weighted by Crippen LogP contribution is -2.52. The molecule has 2 aliphatic rings. The Morgan fingerprint density at radius 2 is 1.81 bits per heavy atom. The van der Waals surface area contributed by atoms with Gasteiger partial charge >= 0.3 is 0 Å². The molecule has 7 nitrogen and oxygen atoms in total. The molecule has 0 spiro atoms. The van der Waals surface area contributed by atoms with E-state index in [0.29, 0.717) is 19.5 Å². The largest absolute Gasteiger partial charge is 0.341 e. The highest BCUT2D eigenvalue weighted by atomic mass is 32.2. The molecular formula is C19H30N4O3S. The van der Waals surface area contributed by atoms with Crippen molar-refractivity contribution in [3.05, 3.63) is 35.9 Å². The van der Waals surface area contributed by atoms with Crippen molar-refractivity contribution < 1.29 is 13.2 Å². The van der Waals surface area contributed by atoms with Crippen LogP contribution in [0.3, 0.4) is 0 Å². The Morgan fingerprint density at radius 1 is 1.19 bits per heavy atom. The summed E-state index contributed by atoms with van der Waals surface area (Å²) in [5, 5.41) is -0.520. The summed E-state index contributed by atoms with van der Waals surface area (Å²) < 4.78 is 27.8. The average molecular weight is 395 g/mol. The lowest BCUT2D eigenvalue weighted by Gasteiger charge is -2.35. The van der Waals surface area contributed by atoms with Crippen molar-refractivity contribution in [2.45, 2.75) is 50.6 Å². The fraction of sp³-hybridized carbons (Fsp3) is 0.632. The van der Waals surface area contributed by atoms with E-state index in [4.69, 9.17) is 0 Å². The number of hydrogen-bond acceptors (Lipinski definition) is 5. The monoisotopic (exact) mass is 394 g/mol. The Hall–Kier alpha value is -1.48. The highest BCUT2D eigenvalue weighted by Crippen LogP contribution is 2.26. The molecule has 3 unspecified atom stereocenters. The topological polar surface area (TPSA) is 81.7 Å². The lowest BCUT2D eigenvalue weighted by molar-refractivity contribution is -0.135. The summed E-state index contributed by atoms with van der Waals surface area (Å²) in [6, 6.07) is 9.51. The number of carbonyl (C=O) groups excluding carboxylic acids is 1. The van der Waals surface area contributed by atoms with Gasteiger partial charge in [0.2, 0.25) is 15.9 Å². The maximum atomic E-state index is 13.2. The molecule has 3 rings (SSSR count). The van der Waals surface area contributed by atoms with E-state index in [-0.39, 0.29) is 30.5 Å². The molecule has 1 aromatic carbocycles. The van der Waals surface area contributed by atoms with Gasteiger partial charge in [0, 0.05) is 38.8 Å². The van der Waals surface area contributed by atoms with Gasteiger partial charge in [0.1, 0.15) is 5.25 Å². The SMILES string of the molecule is CC1NNC(C)C1S(=O)(=O)N1CCCC(C(=O)N(C)Cc2ccccc2)C1. The zero-order chi connectivity index (χ0) is 19.6. The maximum Gasteiger partial charge on any atom is 0.227 e. The molecule has 0 radical (unpaired) electrons. The molecule has 2 saturated heterocycles. The van der Waals surface area contributed by atoms with Crippen LogP contribution in [-0.4, -0.2) is 61.0 Å². The molecule has 27 heavy (non-hydrogen) atoms. The molecule has 0 saturated carbocycles. The quantitative estimate of drug-likeness (QED) is 0.777. The van der Waals surface area contributed by atoms with Gasteiger partial charge in [-0.15, -0.1) is 0 Å². The third kappa shape index (κ3) is 4.34. The standard InChI is InChI=1S/C19H30N4O3S/c1-14-18(15(2)21-20-14)27(25,26)23-11-7-10-17(13-23)19(24)22(3)12-16-8-5-4-6-9-16/h4-6,8-9,14-15,17-18,20-21H,7,10-13H2,1-3H3. The van der Waals surface area contributed by atoms with Crippen LogP contribution in [0.15, 0.2) is 30.3 Å². The first kappa shape index (κ1) is 20.3. The molecular weight excluding hydrogens is 364 g/mol. The molecule has 0 bridgehead atoms. The van der Waals surface area contributed by atoms with Gasteiger partial charge in [0.05, 0.1) is 5.92 Å². The van der Waals surface area contributed by atoms with E-state index in [0.717, 1.165) is 12.0 Å². The summed E-state index contributed by atoms with van der Waals surface area (Å²) in [5.74, 6) is -0.266. The van der Waals surface area contributed by atoms with E-state index in [1.54, 1.807) is 11.9 Å². The Bertz CT molecular complexity index is 745. The second-order valence-corrected chi connectivity index (χ2v) is 9.84. The minimum atomic E-state index is -3.47. The predicted molar refractivity (Wildman–Crippen MR) is 105 cm³/mol. The molecule has 1 amide bonds. The summed E-state index contributed by atoms with van der Waals surface area (Å²) in [6.07, 6.45) is 1.45. The minimum absolute atomic E-state index is 0.0162. The van der Waals surface area contributed by atoms with Crippen LogP contribution < -0.4 is 10.9 Å². The molecule has 2 fully saturated rings. The van der Waals surface area contributed by atoms with E-state index in [1.165, 1.54) is 4.31 Å². The number of piperidine rings is 1. The molecule has 2 heterocycles. The summed E-state index contributed by atoms with van der Waals surface area (Å²) in [5.41, 5.74) is 7.09. The van der Waals surface area contributed by atoms with Crippen molar-refractivity contribution >= 4 is 15.9 Å². The van der Waals surface area contributed by atoms with Crippen molar-refractivity contribution in [3.8, 4) is 0 Å². The molecule has 150 valence electrons. The van der Waals surface area contributed by atoms with E-state index >= 15 is 0 Å². The second kappa shape index (κ2) is 8.26. The number of benzene rings is 1. The number of nitrogens with zero attached hydrogens (tertiary/aromatic N) is 2. The predicted octanol–water partition coefficient (Wildman–Crippen LogP) is 0.940. The highest BCUT2D eigenvalue weighted by molar-refractivity contribution is 7.89.